The van der Waals surface area contributed by atoms with E-state index in [2.05, 4.69) is 5.32 Å². The monoisotopic (exact) mass is 435 g/mol. The number of nitrogens with zero attached hydrogens (tertiary/aromatic N) is 2. The highest BCUT2D eigenvalue weighted by molar-refractivity contribution is 5.99. The van der Waals surface area contributed by atoms with Crippen LogP contribution in [0.4, 0.5) is 0 Å². The summed E-state index contributed by atoms with van der Waals surface area (Å²) in [6.07, 6.45) is 0.426. The Hall–Kier alpha value is -3.19. The summed E-state index contributed by atoms with van der Waals surface area (Å²) < 4.78 is 0. The lowest BCUT2D eigenvalue weighted by Crippen LogP contribution is -2.58. The molecule has 2 N–H and O–H groups in total. The molecule has 0 spiro atoms. The zero-order valence-electron chi connectivity index (χ0n) is 18.3. The van der Waals surface area contributed by atoms with E-state index in [9.17, 15) is 19.5 Å². The lowest BCUT2D eigenvalue weighted by Gasteiger charge is -2.47. The van der Waals surface area contributed by atoms with Gasteiger partial charge in [-0.1, -0.05) is 48.5 Å². The zero-order valence-corrected chi connectivity index (χ0v) is 18.3. The topological polar surface area (TPSA) is 89.9 Å². The molecule has 2 aromatic carbocycles. The van der Waals surface area contributed by atoms with E-state index in [4.69, 9.17) is 0 Å². The number of likely N-dealkylation sites (tertiary alicyclic amines) is 1. The largest absolute Gasteiger partial charge is 0.387 e. The van der Waals surface area contributed by atoms with E-state index in [1.54, 1.807) is 11.8 Å². The maximum absolute atomic E-state index is 13.2. The maximum Gasteiger partial charge on any atom is 0.254 e. The third kappa shape index (κ3) is 4.39. The third-order valence-corrected chi connectivity index (χ3v) is 6.70. The number of fused-ring (bicyclic) bond motifs is 1. The van der Waals surface area contributed by atoms with Gasteiger partial charge in [0, 0.05) is 38.7 Å². The molecule has 168 valence electrons. The molecule has 2 aliphatic heterocycles. The van der Waals surface area contributed by atoms with Crippen LogP contribution >= 0.6 is 0 Å². The van der Waals surface area contributed by atoms with Crippen molar-refractivity contribution >= 4 is 17.7 Å². The minimum atomic E-state index is -0.798. The van der Waals surface area contributed by atoms with Crippen molar-refractivity contribution < 1.29 is 19.5 Å². The second-order valence-electron chi connectivity index (χ2n) is 8.69. The Morgan fingerprint density at radius 2 is 1.72 bits per heavy atom. The lowest BCUT2D eigenvalue weighted by atomic mass is 9.82. The Labute approximate surface area is 188 Å². The van der Waals surface area contributed by atoms with Crippen molar-refractivity contribution in [3.05, 3.63) is 71.3 Å². The van der Waals surface area contributed by atoms with Crippen LogP contribution in [-0.2, 0) is 16.1 Å². The van der Waals surface area contributed by atoms with Gasteiger partial charge in [0.15, 0.2) is 0 Å². The number of carbonyl (C=O) groups excluding carboxylic acids is 3. The van der Waals surface area contributed by atoms with E-state index < -0.39 is 11.6 Å². The SMILES string of the molecule is CC(=O)N1CCC(CC(=O)NCC(O)c2ccccc2)(N2Cc3ccccc3C2=O)CC1. The van der Waals surface area contributed by atoms with Gasteiger partial charge in [0.1, 0.15) is 0 Å². The van der Waals surface area contributed by atoms with E-state index in [-0.39, 0.29) is 30.7 Å². The number of nitrogens with one attached hydrogen (secondary N) is 1. The first-order valence-corrected chi connectivity index (χ1v) is 11.0. The van der Waals surface area contributed by atoms with Crippen LogP contribution < -0.4 is 5.32 Å². The number of aliphatic hydroxyl groups is 1. The normalized spacial score (nSPS) is 18.2. The van der Waals surface area contributed by atoms with Crippen molar-refractivity contribution in [2.45, 2.75) is 44.4 Å². The van der Waals surface area contributed by atoms with Crippen LogP contribution in [0.15, 0.2) is 54.6 Å². The first kappa shape index (κ1) is 22.0. The average Bonchev–Trinajstić information content (AvgIpc) is 3.15. The molecular formula is C25H29N3O4. The van der Waals surface area contributed by atoms with Crippen molar-refractivity contribution in [2.75, 3.05) is 19.6 Å². The van der Waals surface area contributed by atoms with Gasteiger partial charge < -0.3 is 20.2 Å². The molecule has 0 bridgehead atoms. The zero-order chi connectivity index (χ0) is 22.7. The molecule has 0 aromatic heterocycles. The van der Waals surface area contributed by atoms with Crippen molar-refractivity contribution in [3.63, 3.8) is 0 Å². The molecule has 0 aliphatic carbocycles. The highest BCUT2D eigenvalue weighted by atomic mass is 16.3. The van der Waals surface area contributed by atoms with Crippen LogP contribution in [0.2, 0.25) is 0 Å². The molecule has 1 unspecified atom stereocenters. The number of piperidine rings is 1. The molecule has 4 rings (SSSR count). The molecule has 7 heteroatoms. The van der Waals surface area contributed by atoms with Gasteiger partial charge in [-0.2, -0.15) is 0 Å². The highest BCUT2D eigenvalue weighted by Gasteiger charge is 2.47. The Bertz CT molecular complexity index is 999. The summed E-state index contributed by atoms with van der Waals surface area (Å²) in [5, 5.41) is 13.2. The molecule has 1 atom stereocenters. The van der Waals surface area contributed by atoms with Crippen LogP contribution in [0.25, 0.3) is 0 Å². The van der Waals surface area contributed by atoms with E-state index in [1.165, 1.54) is 0 Å². The second kappa shape index (κ2) is 9.12. The summed E-state index contributed by atoms with van der Waals surface area (Å²) in [5.74, 6) is -0.265. The Balaban J connectivity index is 1.48. The fraction of sp³-hybridized carbons (Fsp3) is 0.400. The van der Waals surface area contributed by atoms with Gasteiger partial charge in [0.25, 0.3) is 5.91 Å². The summed E-state index contributed by atoms with van der Waals surface area (Å²) in [7, 11) is 0. The summed E-state index contributed by atoms with van der Waals surface area (Å²) in [6, 6.07) is 16.7. The van der Waals surface area contributed by atoms with Crippen molar-refractivity contribution in [1.82, 2.24) is 15.1 Å². The minimum absolute atomic E-state index is 0.00469. The van der Waals surface area contributed by atoms with Gasteiger partial charge in [0.05, 0.1) is 18.1 Å². The predicted molar refractivity (Wildman–Crippen MR) is 120 cm³/mol. The van der Waals surface area contributed by atoms with E-state index in [0.29, 0.717) is 38.0 Å². The molecule has 1 fully saturated rings. The van der Waals surface area contributed by atoms with Crippen LogP contribution in [0, 0.1) is 0 Å². The molecule has 1 saturated heterocycles. The van der Waals surface area contributed by atoms with Gasteiger partial charge in [-0.05, 0) is 30.0 Å². The lowest BCUT2D eigenvalue weighted by molar-refractivity contribution is -0.132. The summed E-state index contributed by atoms with van der Waals surface area (Å²) in [5.41, 5.74) is 1.72. The van der Waals surface area contributed by atoms with Gasteiger partial charge >= 0.3 is 0 Å². The average molecular weight is 436 g/mol. The molecule has 7 nitrogen and oxygen atoms in total. The molecular weight excluding hydrogens is 406 g/mol. The van der Waals surface area contributed by atoms with Gasteiger partial charge in [-0.15, -0.1) is 0 Å². The van der Waals surface area contributed by atoms with E-state index >= 15 is 0 Å². The molecule has 3 amide bonds. The first-order chi connectivity index (χ1) is 15.4. The van der Waals surface area contributed by atoms with Crippen LogP contribution in [0.3, 0.4) is 0 Å². The van der Waals surface area contributed by atoms with Crippen molar-refractivity contribution in [3.8, 4) is 0 Å². The summed E-state index contributed by atoms with van der Waals surface area (Å²) >= 11 is 0. The number of benzene rings is 2. The second-order valence-corrected chi connectivity index (χ2v) is 8.69. The maximum atomic E-state index is 13.2. The molecule has 2 heterocycles. The van der Waals surface area contributed by atoms with E-state index in [1.807, 2.05) is 59.5 Å². The van der Waals surface area contributed by atoms with Crippen LogP contribution in [0.5, 0.6) is 0 Å². The third-order valence-electron chi connectivity index (χ3n) is 6.70. The number of amides is 3. The molecule has 0 radical (unpaired) electrons. The Morgan fingerprint density at radius 1 is 1.06 bits per heavy atom. The molecule has 2 aromatic rings. The molecule has 2 aliphatic rings. The standard InChI is InChI=1S/C25H29N3O4/c1-18(29)27-13-11-25(12-14-27,28-17-20-9-5-6-10-21(20)24(28)32)15-23(31)26-16-22(30)19-7-3-2-4-8-19/h2-10,22,30H,11-17H2,1H3,(H,26,31). The number of aliphatic hydroxyl groups excluding tert-OH is 1. The van der Waals surface area contributed by atoms with Crippen molar-refractivity contribution in [1.29, 1.82) is 0 Å². The fourth-order valence-electron chi connectivity index (χ4n) is 4.78. The van der Waals surface area contributed by atoms with Crippen molar-refractivity contribution in [2.24, 2.45) is 0 Å². The van der Waals surface area contributed by atoms with Crippen LogP contribution in [0.1, 0.15) is 53.8 Å². The predicted octanol–water partition coefficient (Wildman–Crippen LogP) is 2.26. The van der Waals surface area contributed by atoms with Gasteiger partial charge in [-0.25, -0.2) is 0 Å². The first-order valence-electron chi connectivity index (χ1n) is 11.0. The number of hydrogen-bond acceptors (Lipinski definition) is 4. The Morgan fingerprint density at radius 3 is 2.38 bits per heavy atom. The quantitative estimate of drug-likeness (QED) is 0.728. The summed E-state index contributed by atoms with van der Waals surface area (Å²) in [4.78, 5) is 41.6. The van der Waals surface area contributed by atoms with Gasteiger partial charge in [-0.3, -0.25) is 14.4 Å². The smallest absolute Gasteiger partial charge is 0.254 e. The highest BCUT2D eigenvalue weighted by Crippen LogP contribution is 2.38. The summed E-state index contributed by atoms with van der Waals surface area (Å²) in [6.45, 7) is 3.13. The van der Waals surface area contributed by atoms with Gasteiger partial charge in [0.2, 0.25) is 11.8 Å². The minimum Gasteiger partial charge on any atom is -0.387 e. The van der Waals surface area contributed by atoms with E-state index in [0.717, 1.165) is 11.1 Å². The van der Waals surface area contributed by atoms with Crippen LogP contribution in [-0.4, -0.2) is 57.8 Å². The Kier molecular flexibility index (Phi) is 6.28. The number of carbonyl (C=O) groups is 3. The number of hydrogen-bond donors (Lipinski definition) is 2. The molecule has 32 heavy (non-hydrogen) atoms. The molecule has 0 saturated carbocycles. The fourth-order valence-corrected chi connectivity index (χ4v) is 4.78. The number of rotatable bonds is 6.